The van der Waals surface area contributed by atoms with Crippen molar-refractivity contribution in [2.75, 3.05) is 11.2 Å². The van der Waals surface area contributed by atoms with E-state index in [1.165, 1.54) is 6.42 Å². The Morgan fingerprint density at radius 1 is 1.50 bits per heavy atom. The summed E-state index contributed by atoms with van der Waals surface area (Å²) >= 11 is 7.90. The molecule has 0 saturated heterocycles. The first-order valence-electron chi connectivity index (χ1n) is 5.33. The average molecular weight is 260 g/mol. The smallest absolute Gasteiger partial charge is 0.140 e. The van der Waals surface area contributed by atoms with E-state index < -0.39 is 0 Å². The fourth-order valence-corrected chi connectivity index (χ4v) is 2.60. The van der Waals surface area contributed by atoms with Gasteiger partial charge in [-0.1, -0.05) is 25.4 Å². The van der Waals surface area contributed by atoms with Gasteiger partial charge in [0.2, 0.25) is 0 Å². The van der Waals surface area contributed by atoms with Crippen LogP contribution in [0.1, 0.15) is 26.0 Å². The van der Waals surface area contributed by atoms with Gasteiger partial charge in [0.15, 0.2) is 0 Å². The van der Waals surface area contributed by atoms with E-state index in [4.69, 9.17) is 17.4 Å². The van der Waals surface area contributed by atoms with Gasteiger partial charge in [-0.05, 0) is 30.2 Å². The number of anilines is 1. The van der Waals surface area contributed by atoms with Crippen molar-refractivity contribution in [3.8, 4) is 0 Å². The third-order valence-electron chi connectivity index (χ3n) is 2.14. The number of hydrazine groups is 1. The third-order valence-corrected chi connectivity index (χ3v) is 3.49. The first-order chi connectivity index (χ1) is 7.63. The zero-order valence-electron chi connectivity index (χ0n) is 9.66. The van der Waals surface area contributed by atoms with Crippen LogP contribution in [0.15, 0.2) is 12.1 Å². The Morgan fingerprint density at radius 2 is 2.25 bits per heavy atom. The molecule has 1 aromatic rings. The molecular formula is C11H18ClN3S. The maximum absolute atomic E-state index is 6.05. The first-order valence-corrected chi connectivity index (χ1v) is 6.86. The molecule has 0 aliphatic rings. The Labute approximate surface area is 106 Å². The van der Waals surface area contributed by atoms with Gasteiger partial charge in [-0.3, -0.25) is 0 Å². The van der Waals surface area contributed by atoms with Crippen LogP contribution in [0.3, 0.4) is 0 Å². The molecule has 0 radical (unpaired) electrons. The highest BCUT2D eigenvalue weighted by Gasteiger charge is 2.04. The zero-order valence-corrected chi connectivity index (χ0v) is 11.2. The van der Waals surface area contributed by atoms with Crippen LogP contribution in [0.25, 0.3) is 0 Å². The van der Waals surface area contributed by atoms with Crippen molar-refractivity contribution in [1.29, 1.82) is 0 Å². The summed E-state index contributed by atoms with van der Waals surface area (Å²) in [4.78, 5) is 4.32. The van der Waals surface area contributed by atoms with Crippen molar-refractivity contribution in [1.82, 2.24) is 4.98 Å². The maximum atomic E-state index is 6.05. The minimum Gasteiger partial charge on any atom is -0.308 e. The summed E-state index contributed by atoms with van der Waals surface area (Å²) in [5.41, 5.74) is 3.42. The Bertz CT molecular complexity index is 331. The van der Waals surface area contributed by atoms with Crippen molar-refractivity contribution < 1.29 is 0 Å². The van der Waals surface area contributed by atoms with Crippen molar-refractivity contribution in [3.63, 3.8) is 0 Å². The molecule has 0 spiro atoms. The topological polar surface area (TPSA) is 50.9 Å². The minimum absolute atomic E-state index is 0.656. The number of nitrogens with two attached hydrogens (primary N) is 1. The molecule has 90 valence electrons. The lowest BCUT2D eigenvalue weighted by Gasteiger charge is -2.07. The number of nitrogen functional groups attached to an aromatic ring is 1. The molecule has 0 aliphatic heterocycles. The van der Waals surface area contributed by atoms with Gasteiger partial charge in [-0.15, -0.1) is 0 Å². The van der Waals surface area contributed by atoms with Crippen molar-refractivity contribution in [2.45, 2.75) is 26.0 Å². The molecule has 1 rings (SSSR count). The van der Waals surface area contributed by atoms with Crippen LogP contribution < -0.4 is 11.3 Å². The molecule has 0 aromatic carbocycles. The van der Waals surface area contributed by atoms with E-state index in [0.717, 1.165) is 23.1 Å². The van der Waals surface area contributed by atoms with Gasteiger partial charge in [0, 0.05) is 5.75 Å². The predicted molar refractivity (Wildman–Crippen MR) is 72.7 cm³/mol. The number of thioether (sulfide) groups is 1. The average Bonchev–Trinajstić information content (AvgIpc) is 2.26. The van der Waals surface area contributed by atoms with E-state index >= 15 is 0 Å². The van der Waals surface area contributed by atoms with E-state index in [2.05, 4.69) is 24.3 Å². The molecule has 0 saturated carbocycles. The van der Waals surface area contributed by atoms with Gasteiger partial charge < -0.3 is 5.43 Å². The van der Waals surface area contributed by atoms with Gasteiger partial charge >= 0.3 is 0 Å². The van der Waals surface area contributed by atoms with Crippen molar-refractivity contribution in [2.24, 2.45) is 11.8 Å². The largest absolute Gasteiger partial charge is 0.308 e. The summed E-state index contributed by atoms with van der Waals surface area (Å²) < 4.78 is 0. The summed E-state index contributed by atoms with van der Waals surface area (Å²) in [7, 11) is 0. The highest BCUT2D eigenvalue weighted by atomic mass is 35.5. The summed E-state index contributed by atoms with van der Waals surface area (Å²) in [6, 6.07) is 3.59. The van der Waals surface area contributed by atoms with Crippen LogP contribution in [-0.4, -0.2) is 10.7 Å². The van der Waals surface area contributed by atoms with Crippen LogP contribution in [0.4, 0.5) is 5.82 Å². The Kier molecular flexibility index (Phi) is 5.95. The van der Waals surface area contributed by atoms with Crippen LogP contribution >= 0.6 is 23.4 Å². The number of hydrogen-bond acceptors (Lipinski definition) is 4. The molecule has 1 aromatic heterocycles. The van der Waals surface area contributed by atoms with Crippen LogP contribution in [-0.2, 0) is 5.75 Å². The summed E-state index contributed by atoms with van der Waals surface area (Å²) in [6.45, 7) is 4.45. The van der Waals surface area contributed by atoms with E-state index in [0.29, 0.717) is 10.8 Å². The summed E-state index contributed by atoms with van der Waals surface area (Å²) in [5.74, 6) is 8.67. The van der Waals surface area contributed by atoms with Gasteiger partial charge in [0.1, 0.15) is 5.82 Å². The molecule has 0 atom stereocenters. The Balaban J connectivity index is 2.46. The quantitative estimate of drug-likeness (QED) is 0.468. The fraction of sp³-hybridized carbons (Fsp3) is 0.545. The number of halogens is 1. The first kappa shape index (κ1) is 13.6. The van der Waals surface area contributed by atoms with Gasteiger partial charge in [0.25, 0.3) is 0 Å². The highest BCUT2D eigenvalue weighted by molar-refractivity contribution is 7.98. The molecular weight excluding hydrogens is 242 g/mol. The van der Waals surface area contributed by atoms with Crippen LogP contribution in [0, 0.1) is 5.92 Å². The molecule has 0 aliphatic carbocycles. The summed E-state index contributed by atoms with van der Waals surface area (Å²) in [5, 5.41) is 0.705. The van der Waals surface area contributed by atoms with E-state index in [9.17, 15) is 0 Å². The number of nitrogens with zero attached hydrogens (tertiary/aromatic N) is 1. The van der Waals surface area contributed by atoms with E-state index in [1.54, 1.807) is 6.07 Å². The number of pyridine rings is 1. The molecule has 3 nitrogen and oxygen atoms in total. The molecule has 3 N–H and O–H groups in total. The highest BCUT2D eigenvalue weighted by Crippen LogP contribution is 2.22. The number of aromatic nitrogens is 1. The van der Waals surface area contributed by atoms with Gasteiger partial charge in [-0.25, -0.2) is 10.8 Å². The second-order valence-corrected chi connectivity index (χ2v) is 5.52. The number of hydrogen-bond donors (Lipinski definition) is 2. The number of nitrogens with one attached hydrogen (secondary N) is 1. The van der Waals surface area contributed by atoms with Gasteiger partial charge in [0.05, 0.1) is 10.7 Å². The Morgan fingerprint density at radius 3 is 2.88 bits per heavy atom. The van der Waals surface area contributed by atoms with Gasteiger partial charge in [-0.2, -0.15) is 11.8 Å². The molecule has 16 heavy (non-hydrogen) atoms. The standard InChI is InChI=1S/C11H18ClN3S/c1-8(2)5-6-16-7-10-9(12)3-4-11(14-10)15-13/h3-4,8H,5-7,13H2,1-2H3,(H,14,15). The van der Waals surface area contributed by atoms with Crippen molar-refractivity contribution in [3.05, 3.63) is 22.8 Å². The maximum Gasteiger partial charge on any atom is 0.140 e. The molecule has 5 heteroatoms. The molecule has 0 unspecified atom stereocenters. The number of rotatable bonds is 6. The molecule has 0 bridgehead atoms. The monoisotopic (exact) mass is 259 g/mol. The zero-order chi connectivity index (χ0) is 12.0. The van der Waals surface area contributed by atoms with Crippen LogP contribution in [0.2, 0.25) is 5.02 Å². The SMILES string of the molecule is CC(C)CCSCc1nc(NN)ccc1Cl. The second kappa shape index (κ2) is 6.99. The van der Waals surface area contributed by atoms with E-state index in [1.807, 2.05) is 17.8 Å². The lowest BCUT2D eigenvalue weighted by atomic mass is 10.2. The van der Waals surface area contributed by atoms with Crippen LogP contribution in [0.5, 0.6) is 0 Å². The lowest BCUT2D eigenvalue weighted by Crippen LogP contribution is -2.09. The summed E-state index contributed by atoms with van der Waals surface area (Å²) in [6.07, 6.45) is 1.22. The molecule has 0 amide bonds. The third kappa shape index (κ3) is 4.60. The Hall–Kier alpha value is -0.450. The van der Waals surface area contributed by atoms with E-state index in [-0.39, 0.29) is 0 Å². The molecule has 0 fully saturated rings. The minimum atomic E-state index is 0.656. The second-order valence-electron chi connectivity index (χ2n) is 4.00. The normalized spacial score (nSPS) is 10.8. The predicted octanol–water partition coefficient (Wildman–Crippen LogP) is 3.30. The lowest BCUT2D eigenvalue weighted by molar-refractivity contribution is 0.632. The molecule has 1 heterocycles. The fourth-order valence-electron chi connectivity index (χ4n) is 1.15. The van der Waals surface area contributed by atoms with Crippen molar-refractivity contribution >= 4 is 29.2 Å².